The van der Waals surface area contributed by atoms with E-state index in [-0.39, 0.29) is 17.9 Å². The Morgan fingerprint density at radius 1 is 1.44 bits per heavy atom. The van der Waals surface area contributed by atoms with Crippen LogP contribution < -0.4 is 10.7 Å². The summed E-state index contributed by atoms with van der Waals surface area (Å²) in [4.78, 5) is 49.6. The molecule has 7 nitrogen and oxygen atoms in total. The number of carbonyl (C=O) groups is 3. The number of aromatic amines is 1. The lowest BCUT2D eigenvalue weighted by molar-refractivity contribution is -0.137. The van der Waals surface area contributed by atoms with Crippen LogP contribution in [0.2, 0.25) is 0 Å². The summed E-state index contributed by atoms with van der Waals surface area (Å²) in [5.74, 6) is -1.49. The van der Waals surface area contributed by atoms with E-state index in [1.54, 1.807) is 0 Å². The van der Waals surface area contributed by atoms with E-state index in [1.165, 1.54) is 25.5 Å². The molecule has 1 aliphatic rings. The zero-order valence-electron chi connectivity index (χ0n) is 9.60. The van der Waals surface area contributed by atoms with Gasteiger partial charge in [-0.15, -0.1) is 0 Å². The van der Waals surface area contributed by atoms with E-state index in [0.717, 1.165) is 4.90 Å². The minimum absolute atomic E-state index is 0.0776. The molecule has 0 spiro atoms. The first-order valence-corrected chi connectivity index (χ1v) is 5.29. The number of aromatic nitrogens is 1. The number of imide groups is 1. The third-order valence-electron chi connectivity index (χ3n) is 2.76. The van der Waals surface area contributed by atoms with Crippen LogP contribution in [0.25, 0.3) is 0 Å². The molecule has 0 radical (unpaired) electrons. The lowest BCUT2D eigenvalue weighted by Gasteiger charge is -2.10. The minimum atomic E-state index is -0.894. The summed E-state index contributed by atoms with van der Waals surface area (Å²) in [5, 5.41) is 2.38. The van der Waals surface area contributed by atoms with Crippen LogP contribution in [0.4, 0.5) is 0 Å². The second kappa shape index (κ2) is 4.44. The summed E-state index contributed by atoms with van der Waals surface area (Å²) >= 11 is 0. The van der Waals surface area contributed by atoms with Crippen molar-refractivity contribution in [1.29, 1.82) is 0 Å². The van der Waals surface area contributed by atoms with E-state index in [1.807, 2.05) is 0 Å². The van der Waals surface area contributed by atoms with Gasteiger partial charge in [0.25, 0.3) is 11.8 Å². The zero-order valence-corrected chi connectivity index (χ0v) is 9.60. The SMILES string of the molecule is CN1C(=O)CC(NC(=O)c2c[nH]ccc2=O)C1=O. The largest absolute Gasteiger partial charge is 0.367 e. The number of nitrogens with one attached hydrogen (secondary N) is 2. The number of H-pyrrole nitrogens is 1. The van der Waals surface area contributed by atoms with Crippen LogP contribution in [-0.4, -0.2) is 40.7 Å². The molecule has 1 aromatic heterocycles. The average molecular weight is 249 g/mol. The summed E-state index contributed by atoms with van der Waals surface area (Å²) < 4.78 is 0. The van der Waals surface area contributed by atoms with Gasteiger partial charge >= 0.3 is 0 Å². The highest BCUT2D eigenvalue weighted by molar-refractivity contribution is 6.07. The molecule has 2 heterocycles. The first-order chi connectivity index (χ1) is 8.50. The van der Waals surface area contributed by atoms with Crippen LogP contribution in [-0.2, 0) is 9.59 Å². The van der Waals surface area contributed by atoms with Crippen molar-refractivity contribution in [3.05, 3.63) is 34.2 Å². The van der Waals surface area contributed by atoms with Crippen LogP contribution in [0.1, 0.15) is 16.8 Å². The maximum atomic E-state index is 11.8. The van der Waals surface area contributed by atoms with Crippen molar-refractivity contribution in [3.63, 3.8) is 0 Å². The highest BCUT2D eigenvalue weighted by Crippen LogP contribution is 2.10. The third kappa shape index (κ3) is 2.02. The van der Waals surface area contributed by atoms with Gasteiger partial charge in [-0.3, -0.25) is 24.1 Å². The number of nitrogens with zero attached hydrogens (tertiary/aromatic N) is 1. The Bertz CT molecular complexity index is 578. The molecule has 1 atom stereocenters. The Hall–Kier alpha value is -2.44. The number of amides is 3. The number of likely N-dealkylation sites (N-methyl/N-ethyl adjacent to an activating group) is 1. The minimum Gasteiger partial charge on any atom is -0.367 e. The molecule has 3 amide bonds. The molecule has 1 unspecified atom stereocenters. The van der Waals surface area contributed by atoms with Gasteiger partial charge in [-0.2, -0.15) is 0 Å². The first-order valence-electron chi connectivity index (χ1n) is 5.29. The molecule has 1 saturated heterocycles. The van der Waals surface area contributed by atoms with Gasteiger partial charge in [0.05, 0.1) is 6.42 Å². The van der Waals surface area contributed by atoms with Gasteiger partial charge in [-0.05, 0) is 0 Å². The smallest absolute Gasteiger partial charge is 0.257 e. The van der Waals surface area contributed by atoms with Gasteiger partial charge in [-0.25, -0.2) is 0 Å². The highest BCUT2D eigenvalue weighted by atomic mass is 16.2. The van der Waals surface area contributed by atoms with Gasteiger partial charge in [-0.1, -0.05) is 0 Å². The number of rotatable bonds is 2. The Kier molecular flexibility index (Phi) is 2.97. The van der Waals surface area contributed by atoms with E-state index in [9.17, 15) is 19.2 Å². The van der Waals surface area contributed by atoms with Crippen molar-refractivity contribution in [2.45, 2.75) is 12.5 Å². The monoisotopic (exact) mass is 249 g/mol. The second-order valence-electron chi connectivity index (χ2n) is 3.94. The number of pyridine rings is 1. The fourth-order valence-corrected chi connectivity index (χ4v) is 1.70. The number of hydrogen-bond acceptors (Lipinski definition) is 4. The van der Waals surface area contributed by atoms with Crippen molar-refractivity contribution in [1.82, 2.24) is 15.2 Å². The standard InChI is InChI=1S/C11H11N3O4/c1-14-9(16)4-7(11(14)18)13-10(17)6-5-12-3-2-8(6)15/h2-3,5,7H,4H2,1H3,(H,12,15)(H,13,17). The molecule has 2 rings (SSSR count). The molecule has 2 N–H and O–H groups in total. The fraction of sp³-hybridized carbons (Fsp3) is 0.273. The maximum absolute atomic E-state index is 11.8. The van der Waals surface area contributed by atoms with E-state index in [2.05, 4.69) is 10.3 Å². The van der Waals surface area contributed by atoms with Crippen molar-refractivity contribution < 1.29 is 14.4 Å². The van der Waals surface area contributed by atoms with Crippen molar-refractivity contribution in [3.8, 4) is 0 Å². The Balaban J connectivity index is 2.14. The topological polar surface area (TPSA) is 99.3 Å². The lowest BCUT2D eigenvalue weighted by Crippen LogP contribution is -2.42. The van der Waals surface area contributed by atoms with Crippen LogP contribution in [0.15, 0.2) is 23.3 Å². The molecule has 1 aliphatic heterocycles. The van der Waals surface area contributed by atoms with Gasteiger partial charge < -0.3 is 10.3 Å². The number of carbonyl (C=O) groups excluding carboxylic acids is 3. The molecule has 94 valence electrons. The van der Waals surface area contributed by atoms with E-state index < -0.39 is 23.3 Å². The van der Waals surface area contributed by atoms with Crippen LogP contribution in [0.3, 0.4) is 0 Å². The average Bonchev–Trinajstić information content (AvgIpc) is 2.57. The summed E-state index contributed by atoms with van der Waals surface area (Å²) in [6.45, 7) is 0. The molecule has 18 heavy (non-hydrogen) atoms. The normalized spacial score (nSPS) is 19.2. The van der Waals surface area contributed by atoms with Crippen LogP contribution >= 0.6 is 0 Å². The predicted octanol–water partition coefficient (Wildman–Crippen LogP) is -1.14. The second-order valence-corrected chi connectivity index (χ2v) is 3.94. The predicted molar refractivity (Wildman–Crippen MR) is 60.7 cm³/mol. The highest BCUT2D eigenvalue weighted by Gasteiger charge is 2.37. The first kappa shape index (κ1) is 12.0. The maximum Gasteiger partial charge on any atom is 0.257 e. The van der Waals surface area contributed by atoms with E-state index in [0.29, 0.717) is 0 Å². The number of hydrogen-bond donors (Lipinski definition) is 2. The zero-order chi connectivity index (χ0) is 13.3. The molecule has 7 heteroatoms. The van der Waals surface area contributed by atoms with E-state index in [4.69, 9.17) is 0 Å². The van der Waals surface area contributed by atoms with Gasteiger partial charge in [0.2, 0.25) is 5.91 Å². The van der Waals surface area contributed by atoms with Crippen molar-refractivity contribution in [2.75, 3.05) is 7.05 Å². The molecule has 1 fully saturated rings. The summed E-state index contributed by atoms with van der Waals surface area (Å²) in [7, 11) is 1.35. The van der Waals surface area contributed by atoms with Crippen molar-refractivity contribution >= 4 is 17.7 Å². The summed E-state index contributed by atoms with van der Waals surface area (Å²) in [6.07, 6.45) is 2.57. The van der Waals surface area contributed by atoms with Crippen LogP contribution in [0.5, 0.6) is 0 Å². The Morgan fingerprint density at radius 2 is 2.17 bits per heavy atom. The summed E-state index contributed by atoms with van der Waals surface area (Å²) in [6, 6.07) is 0.317. The van der Waals surface area contributed by atoms with Gasteiger partial charge in [0.1, 0.15) is 11.6 Å². The molecule has 0 bridgehead atoms. The van der Waals surface area contributed by atoms with E-state index >= 15 is 0 Å². The van der Waals surface area contributed by atoms with Gasteiger partial charge in [0.15, 0.2) is 5.43 Å². The third-order valence-corrected chi connectivity index (χ3v) is 2.76. The Labute approximate surface area is 102 Å². The lowest BCUT2D eigenvalue weighted by atomic mass is 10.2. The quantitative estimate of drug-likeness (QED) is 0.647. The van der Waals surface area contributed by atoms with Gasteiger partial charge in [0, 0.05) is 25.5 Å². The molecular formula is C11H11N3O4. The van der Waals surface area contributed by atoms with Crippen LogP contribution in [0, 0.1) is 0 Å². The fourth-order valence-electron chi connectivity index (χ4n) is 1.70. The molecule has 1 aromatic rings. The number of likely N-dealkylation sites (tertiary alicyclic amines) is 1. The Morgan fingerprint density at radius 3 is 2.72 bits per heavy atom. The molecular weight excluding hydrogens is 238 g/mol. The summed E-state index contributed by atoms with van der Waals surface area (Å²) in [5.41, 5.74) is -0.538. The molecule has 0 saturated carbocycles. The molecule has 0 aromatic carbocycles. The van der Waals surface area contributed by atoms with Crippen molar-refractivity contribution in [2.24, 2.45) is 0 Å². The molecule has 0 aliphatic carbocycles.